The number of rotatable bonds is 2. The highest BCUT2D eigenvalue weighted by Crippen LogP contribution is 2.17. The van der Waals surface area contributed by atoms with Crippen molar-refractivity contribution in [2.45, 2.75) is 13.8 Å². The lowest BCUT2D eigenvalue weighted by molar-refractivity contribution is 0.103. The summed E-state index contributed by atoms with van der Waals surface area (Å²) in [6.45, 7) is 3.79. The predicted octanol–water partition coefficient (Wildman–Crippen LogP) is 3.81. The second-order valence-electron chi connectivity index (χ2n) is 4.25. The van der Waals surface area contributed by atoms with E-state index in [1.54, 1.807) is 18.2 Å². The Labute approximate surface area is 104 Å². The standard InChI is InChI=1S/C15H12F2O/c1-9-3-4-11(7-10(9)2)15(18)13-8-12(16)5-6-14(13)17/h3-8H,1-2H3. The second kappa shape index (κ2) is 4.69. The summed E-state index contributed by atoms with van der Waals surface area (Å²) in [7, 11) is 0. The molecule has 0 saturated carbocycles. The highest BCUT2D eigenvalue weighted by Gasteiger charge is 2.15. The van der Waals surface area contributed by atoms with Crippen LogP contribution in [0.25, 0.3) is 0 Å². The van der Waals surface area contributed by atoms with Gasteiger partial charge >= 0.3 is 0 Å². The van der Waals surface area contributed by atoms with E-state index in [1.807, 2.05) is 13.8 Å². The number of aryl methyl sites for hydroxylation is 2. The van der Waals surface area contributed by atoms with E-state index in [2.05, 4.69) is 0 Å². The van der Waals surface area contributed by atoms with Crippen LogP contribution < -0.4 is 0 Å². The summed E-state index contributed by atoms with van der Waals surface area (Å²) in [6, 6.07) is 7.97. The maximum atomic E-state index is 13.5. The first-order valence-corrected chi connectivity index (χ1v) is 5.56. The number of carbonyl (C=O) groups excluding carboxylic acids is 1. The third-order valence-corrected chi connectivity index (χ3v) is 2.94. The molecule has 0 atom stereocenters. The summed E-state index contributed by atoms with van der Waals surface area (Å²) in [4.78, 5) is 12.1. The first-order valence-electron chi connectivity index (χ1n) is 5.56. The van der Waals surface area contributed by atoms with Crippen LogP contribution in [0.15, 0.2) is 36.4 Å². The highest BCUT2D eigenvalue weighted by atomic mass is 19.1. The molecule has 0 fully saturated rings. The van der Waals surface area contributed by atoms with Crippen molar-refractivity contribution >= 4 is 5.78 Å². The van der Waals surface area contributed by atoms with Crippen molar-refractivity contribution in [2.24, 2.45) is 0 Å². The zero-order valence-electron chi connectivity index (χ0n) is 10.1. The molecule has 0 saturated heterocycles. The zero-order valence-corrected chi connectivity index (χ0v) is 10.1. The minimum absolute atomic E-state index is 0.238. The molecule has 3 heteroatoms. The van der Waals surface area contributed by atoms with Crippen LogP contribution >= 0.6 is 0 Å². The van der Waals surface area contributed by atoms with E-state index in [9.17, 15) is 13.6 Å². The molecule has 2 aromatic rings. The fraction of sp³-hybridized carbons (Fsp3) is 0.133. The molecule has 0 aliphatic heterocycles. The Morgan fingerprint density at radius 3 is 2.33 bits per heavy atom. The molecule has 0 amide bonds. The maximum absolute atomic E-state index is 13.5. The molecule has 0 unspecified atom stereocenters. The predicted molar refractivity (Wildman–Crippen MR) is 65.7 cm³/mol. The second-order valence-corrected chi connectivity index (χ2v) is 4.25. The minimum Gasteiger partial charge on any atom is -0.288 e. The first kappa shape index (κ1) is 12.4. The average Bonchev–Trinajstić information content (AvgIpc) is 2.35. The van der Waals surface area contributed by atoms with Crippen LogP contribution in [-0.4, -0.2) is 5.78 Å². The van der Waals surface area contributed by atoms with Crippen molar-refractivity contribution in [1.82, 2.24) is 0 Å². The van der Waals surface area contributed by atoms with Gasteiger partial charge in [-0.25, -0.2) is 8.78 Å². The number of carbonyl (C=O) groups is 1. The fourth-order valence-electron chi connectivity index (χ4n) is 1.71. The van der Waals surface area contributed by atoms with Crippen molar-refractivity contribution in [2.75, 3.05) is 0 Å². The molecular formula is C15H12F2O. The van der Waals surface area contributed by atoms with E-state index in [1.165, 1.54) is 0 Å². The van der Waals surface area contributed by atoms with Crippen LogP contribution in [0.2, 0.25) is 0 Å². The van der Waals surface area contributed by atoms with Crippen molar-refractivity contribution < 1.29 is 13.6 Å². The van der Waals surface area contributed by atoms with E-state index in [0.717, 1.165) is 29.3 Å². The third kappa shape index (κ3) is 2.30. The Balaban J connectivity index is 2.47. The van der Waals surface area contributed by atoms with Crippen LogP contribution in [0.1, 0.15) is 27.0 Å². The molecule has 1 nitrogen and oxygen atoms in total. The van der Waals surface area contributed by atoms with Crippen molar-refractivity contribution in [1.29, 1.82) is 0 Å². The van der Waals surface area contributed by atoms with Gasteiger partial charge in [-0.1, -0.05) is 12.1 Å². The van der Waals surface area contributed by atoms with Gasteiger partial charge in [-0.15, -0.1) is 0 Å². The SMILES string of the molecule is Cc1ccc(C(=O)c2cc(F)ccc2F)cc1C. The van der Waals surface area contributed by atoms with Crippen molar-refractivity contribution in [3.63, 3.8) is 0 Å². The van der Waals surface area contributed by atoms with Crippen LogP contribution in [0, 0.1) is 25.5 Å². The summed E-state index contributed by atoms with van der Waals surface area (Å²) in [5.41, 5.74) is 2.12. The van der Waals surface area contributed by atoms with Gasteiger partial charge in [0.15, 0.2) is 5.78 Å². The monoisotopic (exact) mass is 246 g/mol. The van der Waals surface area contributed by atoms with Gasteiger partial charge in [-0.05, 0) is 49.2 Å². The molecule has 0 N–H and O–H groups in total. The number of halogens is 2. The molecule has 2 rings (SSSR count). The molecular weight excluding hydrogens is 234 g/mol. The quantitative estimate of drug-likeness (QED) is 0.736. The average molecular weight is 246 g/mol. The van der Waals surface area contributed by atoms with Gasteiger partial charge in [-0.2, -0.15) is 0 Å². The molecule has 0 aliphatic carbocycles. The van der Waals surface area contributed by atoms with Crippen LogP contribution in [0.5, 0.6) is 0 Å². The van der Waals surface area contributed by atoms with E-state index in [-0.39, 0.29) is 5.56 Å². The van der Waals surface area contributed by atoms with Gasteiger partial charge in [-0.3, -0.25) is 4.79 Å². The van der Waals surface area contributed by atoms with Gasteiger partial charge in [0.05, 0.1) is 5.56 Å². The van der Waals surface area contributed by atoms with Crippen LogP contribution in [0.3, 0.4) is 0 Å². The summed E-state index contributed by atoms with van der Waals surface area (Å²) >= 11 is 0. The third-order valence-electron chi connectivity index (χ3n) is 2.94. The van der Waals surface area contributed by atoms with E-state index < -0.39 is 17.4 Å². The lowest BCUT2D eigenvalue weighted by atomic mass is 9.99. The van der Waals surface area contributed by atoms with Crippen LogP contribution in [-0.2, 0) is 0 Å². The molecule has 0 radical (unpaired) electrons. The lowest BCUT2D eigenvalue weighted by Gasteiger charge is -2.06. The molecule has 0 aromatic heterocycles. The van der Waals surface area contributed by atoms with Crippen molar-refractivity contribution in [3.05, 3.63) is 70.3 Å². The summed E-state index contributed by atoms with van der Waals surface area (Å²) in [5, 5.41) is 0. The number of hydrogen-bond donors (Lipinski definition) is 0. The Morgan fingerprint density at radius 1 is 0.944 bits per heavy atom. The van der Waals surface area contributed by atoms with Crippen LogP contribution in [0.4, 0.5) is 8.78 Å². The molecule has 92 valence electrons. The van der Waals surface area contributed by atoms with Gasteiger partial charge in [0.25, 0.3) is 0 Å². The zero-order chi connectivity index (χ0) is 13.3. The molecule has 18 heavy (non-hydrogen) atoms. The smallest absolute Gasteiger partial charge is 0.196 e. The van der Waals surface area contributed by atoms with Crippen molar-refractivity contribution in [3.8, 4) is 0 Å². The topological polar surface area (TPSA) is 17.1 Å². The summed E-state index contributed by atoms with van der Waals surface area (Å²) < 4.78 is 26.5. The Hall–Kier alpha value is -2.03. The molecule has 2 aromatic carbocycles. The molecule has 0 heterocycles. The van der Waals surface area contributed by atoms with Gasteiger partial charge in [0.1, 0.15) is 11.6 Å². The van der Waals surface area contributed by atoms with E-state index >= 15 is 0 Å². The Kier molecular flexibility index (Phi) is 3.24. The Morgan fingerprint density at radius 2 is 1.67 bits per heavy atom. The lowest BCUT2D eigenvalue weighted by Crippen LogP contribution is -2.05. The summed E-state index contributed by atoms with van der Waals surface area (Å²) in [5.74, 6) is -1.83. The summed E-state index contributed by atoms with van der Waals surface area (Å²) in [6.07, 6.45) is 0. The van der Waals surface area contributed by atoms with Gasteiger partial charge in [0.2, 0.25) is 0 Å². The van der Waals surface area contributed by atoms with E-state index in [0.29, 0.717) is 5.56 Å². The number of benzene rings is 2. The Bertz CT molecular complexity index is 618. The van der Waals surface area contributed by atoms with E-state index in [4.69, 9.17) is 0 Å². The van der Waals surface area contributed by atoms with Gasteiger partial charge < -0.3 is 0 Å². The number of hydrogen-bond acceptors (Lipinski definition) is 1. The molecule has 0 spiro atoms. The largest absolute Gasteiger partial charge is 0.288 e. The molecule has 0 bridgehead atoms. The van der Waals surface area contributed by atoms with Gasteiger partial charge in [0, 0.05) is 5.56 Å². The first-order chi connectivity index (χ1) is 8.49. The maximum Gasteiger partial charge on any atom is 0.196 e. The fourth-order valence-corrected chi connectivity index (χ4v) is 1.71. The number of ketones is 1. The molecule has 0 aliphatic rings. The normalized spacial score (nSPS) is 10.4. The minimum atomic E-state index is -0.709. The highest BCUT2D eigenvalue weighted by molar-refractivity contribution is 6.09.